The average Bonchev–Trinajstić information content (AvgIpc) is 3.23. The molecule has 0 aliphatic carbocycles. The summed E-state index contributed by atoms with van der Waals surface area (Å²) in [6.07, 6.45) is 1.84. The van der Waals surface area contributed by atoms with Crippen LogP contribution >= 0.6 is 0 Å². The molecule has 3 nitrogen and oxygen atoms in total. The average molecular weight is 676 g/mol. The molecule has 0 saturated carbocycles. The third kappa shape index (κ3) is 5.51. The molecule has 2 heterocycles. The summed E-state index contributed by atoms with van der Waals surface area (Å²) in [7, 11) is 0. The first-order valence-electron chi connectivity index (χ1n) is 18.0. The Kier molecular flexibility index (Phi) is 7.36. The third-order valence-corrected chi connectivity index (χ3v) is 10.4. The normalized spacial score (nSPS) is 11.5. The van der Waals surface area contributed by atoms with Crippen molar-refractivity contribution in [3.8, 4) is 67.3 Å². The van der Waals surface area contributed by atoms with E-state index in [1.165, 1.54) is 37.9 Å². The van der Waals surface area contributed by atoms with Gasteiger partial charge in [0.05, 0.1) is 11.4 Å². The van der Waals surface area contributed by atoms with Gasteiger partial charge in [-0.15, -0.1) is 0 Å². The zero-order valence-electron chi connectivity index (χ0n) is 29.2. The Balaban J connectivity index is 1.22. The summed E-state index contributed by atoms with van der Waals surface area (Å²) in [6, 6.07) is 62.8. The number of hydrogen-bond acceptors (Lipinski definition) is 3. The maximum Gasteiger partial charge on any atom is 0.160 e. The minimum Gasteiger partial charge on any atom is -0.261 e. The van der Waals surface area contributed by atoms with Crippen molar-refractivity contribution in [2.75, 3.05) is 0 Å². The van der Waals surface area contributed by atoms with Gasteiger partial charge in [-0.25, -0.2) is 9.97 Å². The summed E-state index contributed by atoms with van der Waals surface area (Å²) >= 11 is 0. The second-order valence-electron chi connectivity index (χ2n) is 13.7. The largest absolute Gasteiger partial charge is 0.261 e. The highest BCUT2D eigenvalue weighted by atomic mass is 14.9. The van der Waals surface area contributed by atoms with Gasteiger partial charge in [0.2, 0.25) is 0 Å². The SMILES string of the molecule is Cc1ncccc1-c1ccc(-c2cc(-c3nc(-c4ccccc4)cc(-c4ccccc4)n3)cc(-c3cc4cccc5ccc6cccc3c6c54)c2)cc1. The minimum absolute atomic E-state index is 0.688. The van der Waals surface area contributed by atoms with Crippen LogP contribution < -0.4 is 0 Å². The van der Waals surface area contributed by atoms with Gasteiger partial charge < -0.3 is 0 Å². The van der Waals surface area contributed by atoms with Gasteiger partial charge in [0, 0.05) is 34.1 Å². The fraction of sp³-hybridized carbons (Fsp3) is 0.0200. The molecule has 3 heteroatoms. The van der Waals surface area contributed by atoms with Crippen LogP contribution in [0.4, 0.5) is 0 Å². The topological polar surface area (TPSA) is 38.7 Å². The van der Waals surface area contributed by atoms with Gasteiger partial charge in [-0.1, -0.05) is 140 Å². The number of aryl methyl sites for hydroxylation is 1. The lowest BCUT2D eigenvalue weighted by Crippen LogP contribution is -1.97. The summed E-state index contributed by atoms with van der Waals surface area (Å²) in [5, 5.41) is 7.59. The van der Waals surface area contributed by atoms with E-state index in [1.807, 2.05) is 24.4 Å². The van der Waals surface area contributed by atoms with E-state index in [0.717, 1.165) is 61.6 Å². The molecular formula is C50H33N3. The standard InChI is InChI=1S/C50H33N3/c1-32-43(19-10-26-51-32)34-22-20-33(21-23-34)40-27-41(45-30-39-17-8-15-37-24-25-38-16-9-18-44(45)49(38)48(37)39)29-42(28-40)50-52-46(35-11-4-2-5-12-35)31-47(53-50)36-13-6-3-7-14-36/h2-31H,1H3. The van der Waals surface area contributed by atoms with Crippen LogP contribution in [0.25, 0.3) is 99.6 Å². The Morgan fingerprint density at radius 2 is 0.962 bits per heavy atom. The number of hydrogen-bond donors (Lipinski definition) is 0. The zero-order chi connectivity index (χ0) is 35.3. The van der Waals surface area contributed by atoms with Crippen molar-refractivity contribution in [2.24, 2.45) is 0 Å². The van der Waals surface area contributed by atoms with E-state index in [0.29, 0.717) is 5.82 Å². The Morgan fingerprint density at radius 3 is 1.66 bits per heavy atom. The van der Waals surface area contributed by atoms with Gasteiger partial charge >= 0.3 is 0 Å². The molecule has 0 aliphatic rings. The highest BCUT2D eigenvalue weighted by Crippen LogP contribution is 2.42. The second-order valence-corrected chi connectivity index (χ2v) is 13.7. The summed E-state index contributed by atoms with van der Waals surface area (Å²) in [4.78, 5) is 15.0. The maximum absolute atomic E-state index is 5.25. The van der Waals surface area contributed by atoms with Gasteiger partial charge in [0.1, 0.15) is 0 Å². The smallest absolute Gasteiger partial charge is 0.160 e. The molecule has 0 atom stereocenters. The predicted molar refractivity (Wildman–Crippen MR) is 221 cm³/mol. The van der Waals surface area contributed by atoms with Crippen molar-refractivity contribution in [3.63, 3.8) is 0 Å². The van der Waals surface area contributed by atoms with Crippen LogP contribution in [-0.2, 0) is 0 Å². The van der Waals surface area contributed by atoms with E-state index < -0.39 is 0 Å². The van der Waals surface area contributed by atoms with Crippen LogP contribution in [0.15, 0.2) is 182 Å². The van der Waals surface area contributed by atoms with Crippen LogP contribution in [-0.4, -0.2) is 15.0 Å². The molecule has 0 unspecified atom stereocenters. The molecule has 2 aromatic heterocycles. The van der Waals surface area contributed by atoms with Gasteiger partial charge in [0.25, 0.3) is 0 Å². The Labute approximate surface area is 308 Å². The molecule has 0 aliphatic heterocycles. The van der Waals surface area contributed by atoms with E-state index >= 15 is 0 Å². The molecule has 0 saturated heterocycles. The van der Waals surface area contributed by atoms with Gasteiger partial charge in [-0.2, -0.15) is 0 Å². The lowest BCUT2D eigenvalue weighted by atomic mass is 9.87. The van der Waals surface area contributed by atoms with Crippen molar-refractivity contribution in [1.29, 1.82) is 0 Å². The van der Waals surface area contributed by atoms with Crippen molar-refractivity contribution in [3.05, 3.63) is 188 Å². The maximum atomic E-state index is 5.25. The molecule has 248 valence electrons. The quantitative estimate of drug-likeness (QED) is 0.165. The van der Waals surface area contributed by atoms with E-state index in [1.54, 1.807) is 0 Å². The number of nitrogens with zero attached hydrogens (tertiary/aromatic N) is 3. The Hall–Kier alpha value is -6.97. The first kappa shape index (κ1) is 30.8. The summed E-state index contributed by atoms with van der Waals surface area (Å²) in [5.74, 6) is 0.688. The lowest BCUT2D eigenvalue weighted by Gasteiger charge is -2.17. The number of benzene rings is 8. The third-order valence-electron chi connectivity index (χ3n) is 10.4. The molecule has 0 radical (unpaired) electrons. The molecular weight excluding hydrogens is 643 g/mol. The molecule has 0 fully saturated rings. The fourth-order valence-electron chi connectivity index (χ4n) is 7.80. The van der Waals surface area contributed by atoms with E-state index in [4.69, 9.17) is 9.97 Å². The van der Waals surface area contributed by atoms with Crippen LogP contribution in [0.5, 0.6) is 0 Å². The monoisotopic (exact) mass is 675 g/mol. The van der Waals surface area contributed by atoms with Crippen molar-refractivity contribution in [2.45, 2.75) is 6.92 Å². The Morgan fingerprint density at radius 1 is 0.358 bits per heavy atom. The van der Waals surface area contributed by atoms with Gasteiger partial charge in [-0.05, 0) is 103 Å². The summed E-state index contributed by atoms with van der Waals surface area (Å²) in [5.41, 5.74) is 12.7. The number of aromatic nitrogens is 3. The number of pyridine rings is 1. The predicted octanol–water partition coefficient (Wildman–Crippen LogP) is 13.1. The van der Waals surface area contributed by atoms with E-state index in [9.17, 15) is 0 Å². The molecule has 10 rings (SSSR count). The molecule has 8 aromatic carbocycles. The summed E-state index contributed by atoms with van der Waals surface area (Å²) < 4.78 is 0. The van der Waals surface area contributed by atoms with Crippen LogP contribution in [0.1, 0.15) is 5.69 Å². The molecule has 53 heavy (non-hydrogen) atoms. The van der Waals surface area contributed by atoms with Crippen molar-refractivity contribution < 1.29 is 0 Å². The molecule has 0 N–H and O–H groups in total. The van der Waals surface area contributed by atoms with E-state index in [2.05, 4.69) is 170 Å². The second kappa shape index (κ2) is 12.7. The van der Waals surface area contributed by atoms with Crippen molar-refractivity contribution in [1.82, 2.24) is 15.0 Å². The van der Waals surface area contributed by atoms with E-state index in [-0.39, 0.29) is 0 Å². The summed E-state index contributed by atoms with van der Waals surface area (Å²) in [6.45, 7) is 2.06. The first-order chi connectivity index (χ1) is 26.2. The Bertz CT molecular complexity index is 2870. The first-order valence-corrected chi connectivity index (χ1v) is 18.0. The zero-order valence-corrected chi connectivity index (χ0v) is 29.2. The van der Waals surface area contributed by atoms with Crippen LogP contribution in [0.3, 0.4) is 0 Å². The highest BCUT2D eigenvalue weighted by Gasteiger charge is 2.17. The van der Waals surface area contributed by atoms with Crippen molar-refractivity contribution >= 4 is 32.3 Å². The molecule has 0 amide bonds. The lowest BCUT2D eigenvalue weighted by molar-refractivity contribution is 1.18. The highest BCUT2D eigenvalue weighted by molar-refractivity contribution is 6.26. The molecule has 10 aromatic rings. The molecule has 0 spiro atoms. The number of rotatable bonds is 6. The minimum atomic E-state index is 0.688. The van der Waals surface area contributed by atoms with Gasteiger partial charge in [-0.3, -0.25) is 4.98 Å². The van der Waals surface area contributed by atoms with Gasteiger partial charge in [0.15, 0.2) is 5.82 Å². The van der Waals surface area contributed by atoms with Crippen LogP contribution in [0.2, 0.25) is 0 Å². The van der Waals surface area contributed by atoms with Crippen LogP contribution in [0, 0.1) is 6.92 Å². The molecule has 0 bridgehead atoms. The fourth-order valence-corrected chi connectivity index (χ4v) is 7.80.